The molecule has 4 rings (SSSR count). The van der Waals surface area contributed by atoms with Crippen LogP contribution in [0.25, 0.3) is 0 Å². The van der Waals surface area contributed by atoms with Crippen LogP contribution in [0.5, 0.6) is 0 Å². The Morgan fingerprint density at radius 2 is 1.97 bits per heavy atom. The molecule has 3 aromatic rings. The molecule has 6 nitrogen and oxygen atoms in total. The third kappa shape index (κ3) is 4.02. The molecule has 1 fully saturated rings. The van der Waals surface area contributed by atoms with Crippen molar-refractivity contribution in [1.29, 1.82) is 0 Å². The Balaban J connectivity index is 1.45. The lowest BCUT2D eigenvalue weighted by molar-refractivity contribution is -0.117. The predicted octanol–water partition coefficient (Wildman–Crippen LogP) is 4.01. The van der Waals surface area contributed by atoms with Gasteiger partial charge < -0.3 is 4.90 Å². The van der Waals surface area contributed by atoms with E-state index in [-0.39, 0.29) is 22.5 Å². The van der Waals surface area contributed by atoms with Crippen LogP contribution in [0.3, 0.4) is 0 Å². The molecule has 0 saturated carbocycles. The topological polar surface area (TPSA) is 75.2 Å². The highest BCUT2D eigenvalue weighted by atomic mass is 32.1. The summed E-state index contributed by atoms with van der Waals surface area (Å²) in [5.74, 6) is -1.23. The SMILES string of the molecule is CCc1ccc(N2CC(c3nnc(NC(=O)c4ccccc4F)s3)CC2=O)cc1. The van der Waals surface area contributed by atoms with Crippen molar-refractivity contribution in [3.8, 4) is 0 Å². The van der Waals surface area contributed by atoms with Gasteiger partial charge in [-0.1, -0.05) is 42.5 Å². The highest BCUT2D eigenvalue weighted by Crippen LogP contribution is 2.34. The van der Waals surface area contributed by atoms with Gasteiger partial charge >= 0.3 is 0 Å². The molecule has 29 heavy (non-hydrogen) atoms. The number of hydrogen-bond acceptors (Lipinski definition) is 5. The number of aromatic nitrogens is 2. The molecule has 2 aromatic carbocycles. The summed E-state index contributed by atoms with van der Waals surface area (Å²) >= 11 is 1.21. The molecule has 0 aliphatic carbocycles. The van der Waals surface area contributed by atoms with E-state index in [0.717, 1.165) is 12.1 Å². The van der Waals surface area contributed by atoms with Crippen LogP contribution in [0, 0.1) is 5.82 Å². The average Bonchev–Trinajstić information content (AvgIpc) is 3.35. The monoisotopic (exact) mass is 410 g/mol. The first kappa shape index (κ1) is 19.2. The third-order valence-corrected chi connectivity index (χ3v) is 5.91. The van der Waals surface area contributed by atoms with Gasteiger partial charge in [-0.2, -0.15) is 0 Å². The van der Waals surface area contributed by atoms with Crippen LogP contribution in [0.2, 0.25) is 0 Å². The quantitative estimate of drug-likeness (QED) is 0.690. The van der Waals surface area contributed by atoms with Crippen LogP contribution in [0.4, 0.5) is 15.2 Å². The molecule has 1 atom stereocenters. The predicted molar refractivity (Wildman–Crippen MR) is 110 cm³/mol. The Kier molecular flexibility index (Phi) is 5.35. The van der Waals surface area contributed by atoms with Crippen LogP contribution in [-0.4, -0.2) is 28.6 Å². The maximum atomic E-state index is 13.8. The fraction of sp³-hybridized carbons (Fsp3) is 0.238. The normalized spacial score (nSPS) is 16.3. The number of hydrogen-bond donors (Lipinski definition) is 1. The Bertz CT molecular complexity index is 1050. The summed E-state index contributed by atoms with van der Waals surface area (Å²) in [5.41, 5.74) is 2.03. The van der Waals surface area contributed by atoms with Gasteiger partial charge in [0.15, 0.2) is 0 Å². The molecule has 1 aromatic heterocycles. The van der Waals surface area contributed by atoms with E-state index in [1.807, 2.05) is 24.3 Å². The first-order valence-corrected chi connectivity index (χ1v) is 10.2. The standard InChI is InChI=1S/C21H19FN4O2S/c1-2-13-7-9-15(10-8-13)26-12-14(11-18(26)27)20-24-25-21(29-20)23-19(28)16-5-3-4-6-17(16)22/h3-10,14H,2,11-12H2,1H3,(H,23,25,28). The molecule has 1 N–H and O–H groups in total. The number of nitrogens with one attached hydrogen (secondary N) is 1. The van der Waals surface area contributed by atoms with Crippen LogP contribution < -0.4 is 10.2 Å². The van der Waals surface area contributed by atoms with E-state index in [1.165, 1.54) is 35.1 Å². The molecule has 2 heterocycles. The number of amides is 2. The van der Waals surface area contributed by atoms with Crippen molar-refractivity contribution >= 4 is 34.0 Å². The summed E-state index contributed by atoms with van der Waals surface area (Å²) in [5, 5.41) is 11.7. The van der Waals surface area contributed by atoms with Gasteiger partial charge in [0.05, 0.1) is 5.56 Å². The van der Waals surface area contributed by atoms with Crippen LogP contribution in [-0.2, 0) is 11.2 Å². The van der Waals surface area contributed by atoms with Gasteiger partial charge in [0.25, 0.3) is 5.91 Å². The van der Waals surface area contributed by atoms with Crippen molar-refractivity contribution in [2.45, 2.75) is 25.7 Å². The largest absolute Gasteiger partial charge is 0.312 e. The van der Waals surface area contributed by atoms with Crippen LogP contribution in [0.15, 0.2) is 48.5 Å². The first-order valence-electron chi connectivity index (χ1n) is 9.33. The van der Waals surface area contributed by atoms with Gasteiger partial charge in [-0.3, -0.25) is 14.9 Å². The smallest absolute Gasteiger partial charge is 0.260 e. The Labute approximate surface area is 171 Å². The molecule has 0 spiro atoms. The zero-order valence-corrected chi connectivity index (χ0v) is 16.6. The van der Waals surface area contributed by atoms with Gasteiger partial charge in [-0.05, 0) is 36.2 Å². The summed E-state index contributed by atoms with van der Waals surface area (Å²) in [7, 11) is 0. The number of anilines is 2. The highest BCUT2D eigenvalue weighted by molar-refractivity contribution is 7.15. The fourth-order valence-electron chi connectivity index (χ4n) is 3.29. The Hall–Kier alpha value is -3.13. The summed E-state index contributed by atoms with van der Waals surface area (Å²) in [6.07, 6.45) is 1.29. The van der Waals surface area contributed by atoms with Gasteiger partial charge in [0, 0.05) is 24.6 Å². The summed E-state index contributed by atoms with van der Waals surface area (Å²) in [6.45, 7) is 2.60. The van der Waals surface area contributed by atoms with Crippen molar-refractivity contribution in [1.82, 2.24) is 10.2 Å². The Morgan fingerprint density at radius 3 is 2.69 bits per heavy atom. The van der Waals surface area contributed by atoms with E-state index in [1.54, 1.807) is 11.0 Å². The minimum Gasteiger partial charge on any atom is -0.312 e. The van der Waals surface area contributed by atoms with Crippen molar-refractivity contribution in [3.05, 3.63) is 70.5 Å². The lowest BCUT2D eigenvalue weighted by Crippen LogP contribution is -2.24. The van der Waals surface area contributed by atoms with Gasteiger partial charge in [-0.15, -0.1) is 10.2 Å². The van der Waals surface area contributed by atoms with E-state index >= 15 is 0 Å². The van der Waals surface area contributed by atoms with E-state index in [4.69, 9.17) is 0 Å². The molecule has 8 heteroatoms. The molecular weight excluding hydrogens is 391 g/mol. The number of benzene rings is 2. The minimum absolute atomic E-state index is 0.0337. The number of aryl methyl sites for hydroxylation is 1. The van der Waals surface area contributed by atoms with Gasteiger partial charge in [0.2, 0.25) is 11.0 Å². The van der Waals surface area contributed by atoms with Gasteiger partial charge in [0.1, 0.15) is 10.8 Å². The van der Waals surface area contributed by atoms with Crippen molar-refractivity contribution in [2.75, 3.05) is 16.8 Å². The summed E-state index contributed by atoms with van der Waals surface area (Å²) in [6, 6.07) is 13.7. The minimum atomic E-state index is -0.596. The lowest BCUT2D eigenvalue weighted by atomic mass is 10.1. The maximum Gasteiger partial charge on any atom is 0.260 e. The summed E-state index contributed by atoms with van der Waals surface area (Å²) in [4.78, 5) is 26.5. The zero-order chi connectivity index (χ0) is 20.4. The van der Waals surface area contributed by atoms with Crippen LogP contribution >= 0.6 is 11.3 Å². The molecule has 1 aliphatic heterocycles. The second-order valence-electron chi connectivity index (χ2n) is 6.80. The van der Waals surface area contributed by atoms with Crippen molar-refractivity contribution < 1.29 is 14.0 Å². The second-order valence-corrected chi connectivity index (χ2v) is 7.81. The number of halogens is 1. The lowest BCUT2D eigenvalue weighted by Gasteiger charge is -2.16. The van der Waals surface area contributed by atoms with E-state index in [2.05, 4.69) is 22.4 Å². The zero-order valence-electron chi connectivity index (χ0n) is 15.8. The highest BCUT2D eigenvalue weighted by Gasteiger charge is 2.34. The molecule has 2 amide bonds. The molecule has 148 valence electrons. The number of rotatable bonds is 5. The number of nitrogens with zero attached hydrogens (tertiary/aromatic N) is 3. The van der Waals surface area contributed by atoms with E-state index in [9.17, 15) is 14.0 Å². The van der Waals surface area contributed by atoms with Gasteiger partial charge in [-0.25, -0.2) is 4.39 Å². The molecule has 1 aliphatic rings. The summed E-state index contributed by atoms with van der Waals surface area (Å²) < 4.78 is 13.8. The number of carbonyl (C=O) groups excluding carboxylic acids is 2. The molecule has 1 saturated heterocycles. The average molecular weight is 410 g/mol. The molecule has 1 unspecified atom stereocenters. The van der Waals surface area contributed by atoms with Crippen LogP contribution in [0.1, 0.15) is 40.2 Å². The van der Waals surface area contributed by atoms with Crippen molar-refractivity contribution in [2.24, 2.45) is 0 Å². The molecular formula is C21H19FN4O2S. The second kappa shape index (κ2) is 8.08. The third-order valence-electron chi connectivity index (χ3n) is 4.91. The van der Waals surface area contributed by atoms with E-state index in [0.29, 0.717) is 18.0 Å². The fourth-order valence-corrected chi connectivity index (χ4v) is 4.12. The maximum absolute atomic E-state index is 13.8. The Morgan fingerprint density at radius 1 is 1.21 bits per heavy atom. The molecule has 0 radical (unpaired) electrons. The number of carbonyl (C=O) groups is 2. The molecule has 0 bridgehead atoms. The van der Waals surface area contributed by atoms with E-state index < -0.39 is 11.7 Å². The first-order chi connectivity index (χ1) is 14.0. The van der Waals surface area contributed by atoms with Crippen molar-refractivity contribution in [3.63, 3.8) is 0 Å².